The zero-order valence-corrected chi connectivity index (χ0v) is 17.9. The Kier molecular flexibility index (Phi) is 5.36. The molecular formula is C26H29N3O2. The minimum absolute atomic E-state index is 0.143. The molecule has 0 radical (unpaired) electrons. The largest absolute Gasteiger partial charge is 0.393 e. The number of piperidine rings is 1. The van der Waals surface area contributed by atoms with E-state index >= 15 is 0 Å². The number of nitrogens with zero attached hydrogens (tertiary/aromatic N) is 3. The van der Waals surface area contributed by atoms with Gasteiger partial charge in [-0.2, -0.15) is 0 Å². The number of carbonyl (C=O) groups is 1. The number of anilines is 1. The number of para-hydroxylation sites is 1. The third kappa shape index (κ3) is 3.57. The first-order chi connectivity index (χ1) is 15.2. The van der Waals surface area contributed by atoms with Gasteiger partial charge in [-0.15, -0.1) is 0 Å². The van der Waals surface area contributed by atoms with Crippen LogP contribution in [0.3, 0.4) is 0 Å². The topological polar surface area (TPSA) is 58.4 Å². The summed E-state index contributed by atoms with van der Waals surface area (Å²) in [6.45, 7) is 3.65. The molecule has 0 spiro atoms. The van der Waals surface area contributed by atoms with Gasteiger partial charge in [0.25, 0.3) is 0 Å². The molecule has 0 bridgehead atoms. The summed E-state index contributed by atoms with van der Waals surface area (Å²) < 4.78 is 2.20. The predicted octanol–water partition coefficient (Wildman–Crippen LogP) is 4.71. The highest BCUT2D eigenvalue weighted by atomic mass is 16.3. The molecule has 2 aliphatic rings. The number of ketones is 1. The van der Waals surface area contributed by atoms with E-state index in [-0.39, 0.29) is 23.8 Å². The first kappa shape index (κ1) is 20.0. The van der Waals surface area contributed by atoms with Crippen LogP contribution in [0.15, 0.2) is 61.1 Å². The van der Waals surface area contributed by atoms with E-state index in [1.54, 1.807) is 0 Å². The molecule has 0 saturated carbocycles. The fourth-order valence-electron chi connectivity index (χ4n) is 5.29. The Bertz CT molecular complexity index is 1080. The van der Waals surface area contributed by atoms with Crippen LogP contribution < -0.4 is 4.90 Å². The number of rotatable bonds is 6. The summed E-state index contributed by atoms with van der Waals surface area (Å²) in [7, 11) is 0. The lowest BCUT2D eigenvalue weighted by atomic mass is 9.86. The number of fused-ring (bicyclic) bond motifs is 3. The van der Waals surface area contributed by atoms with Crippen LogP contribution in [-0.2, 0) is 0 Å². The minimum atomic E-state index is -0.360. The molecule has 3 heterocycles. The number of aliphatic hydroxyl groups is 1. The molecule has 2 aliphatic heterocycles. The monoisotopic (exact) mass is 415 g/mol. The number of benzene rings is 2. The molecule has 0 aliphatic carbocycles. The summed E-state index contributed by atoms with van der Waals surface area (Å²) in [5.74, 6) is 0.457. The zero-order valence-electron chi connectivity index (χ0n) is 17.9. The van der Waals surface area contributed by atoms with Crippen molar-refractivity contribution in [3.8, 4) is 11.3 Å². The molecule has 1 N–H and O–H groups in total. The molecule has 160 valence electrons. The smallest absolute Gasteiger partial charge is 0.164 e. The maximum absolute atomic E-state index is 12.3. The summed E-state index contributed by atoms with van der Waals surface area (Å²) in [6, 6.07) is 16.5. The normalized spacial score (nSPS) is 19.2. The highest BCUT2D eigenvalue weighted by Gasteiger charge is 2.33. The van der Waals surface area contributed by atoms with Crippen molar-refractivity contribution >= 4 is 11.5 Å². The molecule has 2 unspecified atom stereocenters. The van der Waals surface area contributed by atoms with Gasteiger partial charge in [0.15, 0.2) is 5.78 Å². The van der Waals surface area contributed by atoms with E-state index in [0.717, 1.165) is 42.9 Å². The maximum Gasteiger partial charge on any atom is 0.164 e. The van der Waals surface area contributed by atoms with Gasteiger partial charge in [-0.3, -0.25) is 4.79 Å². The molecule has 5 rings (SSSR count). The van der Waals surface area contributed by atoms with Crippen LogP contribution in [-0.4, -0.2) is 39.6 Å². The third-order valence-corrected chi connectivity index (χ3v) is 7.01. The summed E-state index contributed by atoms with van der Waals surface area (Å²) in [6.07, 6.45) is 6.53. The van der Waals surface area contributed by atoms with E-state index in [0.29, 0.717) is 12.8 Å². The number of carbonyl (C=O) groups excluding carboxylic acids is 1. The molecule has 3 aromatic rings. The van der Waals surface area contributed by atoms with Crippen LogP contribution in [0.4, 0.5) is 5.69 Å². The summed E-state index contributed by atoms with van der Waals surface area (Å²) in [4.78, 5) is 19.0. The van der Waals surface area contributed by atoms with Crippen molar-refractivity contribution < 1.29 is 9.90 Å². The lowest BCUT2D eigenvalue weighted by molar-refractivity contribution is 0.0756. The number of aliphatic hydroxyl groups excluding tert-OH is 1. The third-order valence-electron chi connectivity index (χ3n) is 7.01. The van der Waals surface area contributed by atoms with Gasteiger partial charge in [0.1, 0.15) is 0 Å². The molecule has 5 nitrogen and oxygen atoms in total. The van der Waals surface area contributed by atoms with E-state index in [4.69, 9.17) is 0 Å². The Labute approximate surface area is 183 Å². The van der Waals surface area contributed by atoms with Crippen LogP contribution in [0.2, 0.25) is 0 Å². The fraction of sp³-hybridized carbons (Fsp3) is 0.385. The highest BCUT2D eigenvalue weighted by Crippen LogP contribution is 2.42. The van der Waals surface area contributed by atoms with Crippen molar-refractivity contribution in [2.24, 2.45) is 5.92 Å². The van der Waals surface area contributed by atoms with Gasteiger partial charge in [-0.25, -0.2) is 4.98 Å². The second-order valence-electron chi connectivity index (χ2n) is 8.71. The minimum Gasteiger partial charge on any atom is -0.393 e. The first-order valence-electron chi connectivity index (χ1n) is 11.3. The van der Waals surface area contributed by atoms with E-state index in [1.807, 2.05) is 37.6 Å². The number of hydrogen-bond acceptors (Lipinski definition) is 4. The highest BCUT2D eigenvalue weighted by molar-refractivity contribution is 6.01. The Balaban J connectivity index is 1.27. The van der Waals surface area contributed by atoms with E-state index < -0.39 is 0 Å². The maximum atomic E-state index is 12.3. The molecule has 1 saturated heterocycles. The SMILES string of the molecule is CCC(=O)c1ccccc1N1CCC(C(O)CC2c3ccccc3-c3cncn32)CC1. The Morgan fingerprint density at radius 2 is 1.87 bits per heavy atom. The molecule has 2 atom stereocenters. The first-order valence-corrected chi connectivity index (χ1v) is 11.3. The fourth-order valence-corrected chi connectivity index (χ4v) is 5.29. The van der Waals surface area contributed by atoms with Crippen molar-refractivity contribution in [2.75, 3.05) is 18.0 Å². The van der Waals surface area contributed by atoms with Crippen LogP contribution in [0, 0.1) is 5.92 Å². The Morgan fingerprint density at radius 1 is 1.13 bits per heavy atom. The second kappa shape index (κ2) is 8.31. The van der Waals surface area contributed by atoms with E-state index in [2.05, 4.69) is 44.8 Å². The molecule has 5 heteroatoms. The van der Waals surface area contributed by atoms with Gasteiger partial charge >= 0.3 is 0 Å². The Morgan fingerprint density at radius 3 is 2.68 bits per heavy atom. The number of aromatic nitrogens is 2. The van der Waals surface area contributed by atoms with Crippen LogP contribution >= 0.6 is 0 Å². The van der Waals surface area contributed by atoms with Gasteiger partial charge in [0, 0.05) is 36.3 Å². The molecule has 1 fully saturated rings. The average molecular weight is 416 g/mol. The van der Waals surface area contributed by atoms with E-state index in [1.165, 1.54) is 11.1 Å². The molecule has 31 heavy (non-hydrogen) atoms. The van der Waals surface area contributed by atoms with Crippen molar-refractivity contribution in [2.45, 2.75) is 44.8 Å². The lowest BCUT2D eigenvalue weighted by Gasteiger charge is -2.37. The summed E-state index contributed by atoms with van der Waals surface area (Å²) in [5, 5.41) is 11.2. The van der Waals surface area contributed by atoms with Crippen molar-refractivity contribution in [3.63, 3.8) is 0 Å². The molecular weight excluding hydrogens is 386 g/mol. The van der Waals surface area contributed by atoms with Gasteiger partial charge in [-0.1, -0.05) is 43.3 Å². The van der Waals surface area contributed by atoms with Gasteiger partial charge in [-0.05, 0) is 42.9 Å². The van der Waals surface area contributed by atoms with Crippen molar-refractivity contribution in [1.82, 2.24) is 9.55 Å². The summed E-state index contributed by atoms with van der Waals surface area (Å²) >= 11 is 0. The average Bonchev–Trinajstić information content (AvgIpc) is 3.41. The van der Waals surface area contributed by atoms with Crippen LogP contribution in [0.25, 0.3) is 11.3 Å². The number of Topliss-reactive ketones (excluding diaryl/α,β-unsaturated/α-hetero) is 1. The van der Waals surface area contributed by atoms with Crippen LogP contribution in [0.5, 0.6) is 0 Å². The molecule has 0 amide bonds. The standard InChI is InChI=1S/C26H29N3O2/c1-2-25(30)21-9-5-6-10-22(21)28-13-11-18(12-14-28)26(31)15-23-19-7-3-4-8-20(19)24-16-27-17-29(23)24/h3-10,16-18,23,26,31H,2,11-15H2,1H3. The zero-order chi connectivity index (χ0) is 21.4. The summed E-state index contributed by atoms with van der Waals surface area (Å²) in [5.41, 5.74) is 5.50. The lowest BCUT2D eigenvalue weighted by Crippen LogP contribution is -2.39. The molecule has 1 aromatic heterocycles. The number of hydrogen-bond donors (Lipinski definition) is 1. The quantitative estimate of drug-likeness (QED) is 0.592. The van der Waals surface area contributed by atoms with E-state index in [9.17, 15) is 9.90 Å². The van der Waals surface area contributed by atoms with Crippen molar-refractivity contribution in [1.29, 1.82) is 0 Å². The van der Waals surface area contributed by atoms with Gasteiger partial charge in [0.05, 0.1) is 30.4 Å². The van der Waals surface area contributed by atoms with Crippen LogP contribution in [0.1, 0.15) is 54.6 Å². The van der Waals surface area contributed by atoms with Gasteiger partial charge in [0.2, 0.25) is 0 Å². The number of imidazole rings is 1. The second-order valence-corrected chi connectivity index (χ2v) is 8.71. The predicted molar refractivity (Wildman–Crippen MR) is 122 cm³/mol. The Hall–Kier alpha value is -2.92. The van der Waals surface area contributed by atoms with Crippen molar-refractivity contribution in [3.05, 3.63) is 72.2 Å². The molecule has 2 aromatic carbocycles. The van der Waals surface area contributed by atoms with Gasteiger partial charge < -0.3 is 14.6 Å².